The van der Waals surface area contributed by atoms with Crippen LogP contribution in [0.1, 0.15) is 58.8 Å². The molecule has 278 valence electrons. The summed E-state index contributed by atoms with van der Waals surface area (Å²) in [5.41, 5.74) is 7.75. The Hall–Kier alpha value is -5.72. The van der Waals surface area contributed by atoms with Gasteiger partial charge in [-0.1, -0.05) is 72.8 Å². The van der Waals surface area contributed by atoms with Gasteiger partial charge in [-0.25, -0.2) is 19.6 Å². The van der Waals surface area contributed by atoms with Crippen molar-refractivity contribution in [2.45, 2.75) is 63.2 Å². The molecule has 12 heteroatoms. The van der Waals surface area contributed by atoms with Gasteiger partial charge in [-0.15, -0.1) is 0 Å². The van der Waals surface area contributed by atoms with Crippen LogP contribution in [-0.4, -0.2) is 81.4 Å². The van der Waals surface area contributed by atoms with E-state index in [-0.39, 0.29) is 49.7 Å². The number of H-pyrrole nitrogens is 2. The molecule has 2 N–H and O–H groups in total. The predicted molar refractivity (Wildman–Crippen MR) is 203 cm³/mol. The van der Waals surface area contributed by atoms with Gasteiger partial charge in [0, 0.05) is 27.1 Å². The van der Waals surface area contributed by atoms with Crippen LogP contribution in [0.15, 0.2) is 97.1 Å². The highest BCUT2D eigenvalue weighted by Crippen LogP contribution is 2.35. The lowest BCUT2D eigenvalue weighted by Crippen LogP contribution is -2.32. The molecule has 0 bridgehead atoms. The van der Waals surface area contributed by atoms with Gasteiger partial charge in [0.05, 0.1) is 59.4 Å². The maximum absolute atomic E-state index is 13.2. The van der Waals surface area contributed by atoms with Crippen molar-refractivity contribution in [3.05, 3.63) is 131 Å². The summed E-state index contributed by atoms with van der Waals surface area (Å²) in [5, 5.41) is 0. The molecule has 4 aromatic carbocycles. The van der Waals surface area contributed by atoms with Crippen molar-refractivity contribution in [3.8, 4) is 0 Å². The molecule has 0 saturated carbocycles. The summed E-state index contributed by atoms with van der Waals surface area (Å²) >= 11 is 0. The van der Waals surface area contributed by atoms with Gasteiger partial charge in [0.15, 0.2) is 0 Å². The van der Waals surface area contributed by atoms with Crippen LogP contribution >= 0.6 is 0 Å². The average Bonchev–Trinajstić information content (AvgIpc) is 4.02. The highest BCUT2D eigenvalue weighted by Gasteiger charge is 2.40. The Balaban J connectivity index is 0.925. The van der Waals surface area contributed by atoms with Gasteiger partial charge < -0.3 is 28.9 Å². The summed E-state index contributed by atoms with van der Waals surface area (Å²) < 4.78 is 22.7. The zero-order valence-electron chi connectivity index (χ0n) is 30.4. The minimum Gasteiger partial charge on any atom is -0.445 e. The molecular formula is C42H44N6O6. The minimum absolute atomic E-state index is 0.104. The van der Waals surface area contributed by atoms with Crippen LogP contribution in [0, 0.1) is 0 Å². The number of nitrogens with one attached hydrogen (secondary N) is 2. The second-order valence-corrected chi connectivity index (χ2v) is 14.1. The molecule has 2 aromatic heterocycles. The molecule has 0 radical (unpaired) electrons. The van der Waals surface area contributed by atoms with E-state index in [1.807, 2.05) is 72.8 Å². The number of aryl methyl sites for hydroxylation is 2. The van der Waals surface area contributed by atoms with Gasteiger partial charge in [0.2, 0.25) is 0 Å². The fourth-order valence-corrected chi connectivity index (χ4v) is 7.53. The third-order valence-corrected chi connectivity index (χ3v) is 10.5. The van der Waals surface area contributed by atoms with Crippen molar-refractivity contribution in [2.24, 2.45) is 0 Å². The molecule has 6 aromatic rings. The second kappa shape index (κ2) is 15.7. The van der Waals surface area contributed by atoms with E-state index in [9.17, 15) is 9.59 Å². The summed E-state index contributed by atoms with van der Waals surface area (Å²) in [6.07, 6.45) is 1.93. The van der Waals surface area contributed by atoms with Gasteiger partial charge in [-0.3, -0.25) is 9.80 Å². The van der Waals surface area contributed by atoms with E-state index in [1.54, 1.807) is 24.0 Å². The van der Waals surface area contributed by atoms with E-state index >= 15 is 0 Å². The summed E-state index contributed by atoms with van der Waals surface area (Å²) in [7, 11) is 3.34. The first-order valence-corrected chi connectivity index (χ1v) is 18.4. The zero-order chi connectivity index (χ0) is 37.0. The topological polar surface area (TPSA) is 135 Å². The van der Waals surface area contributed by atoms with Crippen LogP contribution in [0.4, 0.5) is 9.59 Å². The molecule has 54 heavy (non-hydrogen) atoms. The Kier molecular flexibility index (Phi) is 10.3. The Bertz CT molecular complexity index is 2060. The number of imidazole rings is 2. The van der Waals surface area contributed by atoms with Gasteiger partial charge in [0.25, 0.3) is 0 Å². The maximum atomic E-state index is 13.2. The molecular weight excluding hydrogens is 684 g/mol. The van der Waals surface area contributed by atoms with E-state index in [4.69, 9.17) is 28.9 Å². The lowest BCUT2D eigenvalue weighted by atomic mass is 10.0. The fraction of sp³-hybridized carbons (Fsp3) is 0.333. The number of nitrogens with zero attached hydrogens (tertiary/aromatic N) is 4. The quantitative estimate of drug-likeness (QED) is 0.141. The fourth-order valence-electron chi connectivity index (χ4n) is 7.53. The number of benzene rings is 4. The Morgan fingerprint density at radius 1 is 0.611 bits per heavy atom. The van der Waals surface area contributed by atoms with E-state index in [2.05, 4.69) is 34.2 Å². The van der Waals surface area contributed by atoms with Crippen molar-refractivity contribution in [2.75, 3.05) is 27.3 Å². The molecule has 2 fully saturated rings. The van der Waals surface area contributed by atoms with E-state index in [0.29, 0.717) is 25.9 Å². The van der Waals surface area contributed by atoms with E-state index < -0.39 is 0 Å². The molecule has 2 aliphatic heterocycles. The van der Waals surface area contributed by atoms with Gasteiger partial charge >= 0.3 is 12.2 Å². The van der Waals surface area contributed by atoms with Crippen LogP contribution < -0.4 is 0 Å². The number of hydrogen-bond acceptors (Lipinski definition) is 8. The third kappa shape index (κ3) is 7.66. The van der Waals surface area contributed by atoms with Crippen LogP contribution in [-0.2, 0) is 45.0 Å². The second-order valence-electron chi connectivity index (χ2n) is 14.1. The molecule has 2 saturated heterocycles. The van der Waals surface area contributed by atoms with Crippen LogP contribution in [0.5, 0.6) is 0 Å². The number of carbonyl (C=O) groups is 2. The monoisotopic (exact) mass is 728 g/mol. The third-order valence-electron chi connectivity index (χ3n) is 10.5. The molecule has 8 rings (SSSR count). The van der Waals surface area contributed by atoms with Crippen molar-refractivity contribution in [3.63, 3.8) is 0 Å². The lowest BCUT2D eigenvalue weighted by Gasteiger charge is -2.22. The van der Waals surface area contributed by atoms with Crippen molar-refractivity contribution < 1.29 is 28.5 Å². The molecule has 2 aliphatic rings. The zero-order valence-corrected chi connectivity index (χ0v) is 30.4. The Labute approximate surface area is 313 Å². The number of carbonyl (C=O) groups excluding carboxylic acids is 2. The molecule has 0 unspecified atom stereocenters. The number of methoxy groups -OCH3 is 2. The van der Waals surface area contributed by atoms with Crippen molar-refractivity contribution >= 4 is 34.3 Å². The number of aromatic nitrogens is 4. The van der Waals surface area contributed by atoms with Gasteiger partial charge in [-0.05, 0) is 59.4 Å². The standard InChI is InChI=1S/C42H44N6O6/c1-51-31-21-37(47(23-31)41(49)53-25-29-9-5-3-6-10-29)39-43-33-17-15-27(19-35(33)45-39)13-14-28-16-18-34-36(20-28)46-40(44-34)38-22-32(52-2)24-48(38)42(50)54-26-30-11-7-4-8-12-30/h3-12,15-20,31-32,37-38H,13-14,21-26H2,1-2H3,(H,43,45)(H,44,46)/t31-,32-,37+,38+/m1/s1. The Morgan fingerprint density at radius 2 is 1.04 bits per heavy atom. The summed E-state index contributed by atoms with van der Waals surface area (Å²) in [5.74, 6) is 1.45. The van der Waals surface area contributed by atoms with E-state index in [1.165, 1.54) is 11.1 Å². The maximum Gasteiger partial charge on any atom is 0.410 e. The number of hydrogen-bond donors (Lipinski definition) is 2. The Morgan fingerprint density at radius 3 is 1.44 bits per heavy atom. The molecule has 0 aliphatic carbocycles. The molecule has 4 heterocycles. The minimum atomic E-state index is -0.382. The highest BCUT2D eigenvalue weighted by atomic mass is 16.6. The molecule has 0 spiro atoms. The molecule has 12 nitrogen and oxygen atoms in total. The number of likely N-dealkylation sites (tertiary alicyclic amines) is 2. The number of aromatic amines is 2. The number of fused-ring (bicyclic) bond motifs is 2. The normalized spacial score (nSPS) is 19.9. The summed E-state index contributed by atoms with van der Waals surface area (Å²) in [6, 6.07) is 31.3. The molecule has 2 amide bonds. The highest BCUT2D eigenvalue weighted by molar-refractivity contribution is 5.78. The average molecular weight is 729 g/mol. The number of rotatable bonds is 11. The predicted octanol–water partition coefficient (Wildman–Crippen LogP) is 7.42. The summed E-state index contributed by atoms with van der Waals surface area (Å²) in [4.78, 5) is 46.6. The first-order valence-electron chi connectivity index (χ1n) is 18.4. The lowest BCUT2D eigenvalue weighted by molar-refractivity contribution is 0.0792. The SMILES string of the molecule is CO[C@@H]1C[C@@H](c2nc3ccc(CCc4ccc5nc([C@@H]6C[C@@H](OC)CN6C(=O)OCc6ccccc6)[nH]c5c4)cc3[nH]2)N(C(=O)OCc2ccccc2)C1. The number of amides is 2. The number of ether oxygens (including phenoxy) is 4. The van der Waals surface area contributed by atoms with E-state index in [0.717, 1.165) is 57.7 Å². The summed E-state index contributed by atoms with van der Waals surface area (Å²) in [6.45, 7) is 1.29. The van der Waals surface area contributed by atoms with Crippen LogP contribution in [0.3, 0.4) is 0 Å². The van der Waals surface area contributed by atoms with Crippen molar-refractivity contribution in [1.29, 1.82) is 0 Å². The smallest absolute Gasteiger partial charge is 0.410 e. The first kappa shape index (κ1) is 35.3. The van der Waals surface area contributed by atoms with Gasteiger partial charge in [-0.2, -0.15) is 0 Å². The van der Waals surface area contributed by atoms with Crippen molar-refractivity contribution in [1.82, 2.24) is 29.7 Å². The molecule has 4 atom stereocenters. The van der Waals surface area contributed by atoms with Crippen LogP contribution in [0.25, 0.3) is 22.1 Å². The first-order chi connectivity index (χ1) is 26.4. The largest absolute Gasteiger partial charge is 0.445 e. The van der Waals surface area contributed by atoms with Gasteiger partial charge in [0.1, 0.15) is 24.9 Å². The van der Waals surface area contributed by atoms with Crippen LogP contribution in [0.2, 0.25) is 0 Å².